The summed E-state index contributed by atoms with van der Waals surface area (Å²) < 4.78 is 7.70. The Bertz CT molecular complexity index is 1070. The van der Waals surface area contributed by atoms with Crippen LogP contribution in [0.2, 0.25) is 0 Å². The third kappa shape index (κ3) is 6.28. The maximum atomic E-state index is 12.3. The molecule has 0 spiro atoms. The van der Waals surface area contributed by atoms with Crippen LogP contribution in [0.15, 0.2) is 74.7 Å². The molecular weight excluding hydrogens is 508 g/mol. The van der Waals surface area contributed by atoms with Gasteiger partial charge in [-0.05, 0) is 64.2 Å². The first-order chi connectivity index (χ1) is 14.4. The Morgan fingerprint density at radius 3 is 2.50 bits per heavy atom. The van der Waals surface area contributed by atoms with Gasteiger partial charge >= 0.3 is 0 Å². The van der Waals surface area contributed by atoms with Crippen molar-refractivity contribution in [3.8, 4) is 5.75 Å². The zero-order valence-corrected chi connectivity index (χ0v) is 20.0. The number of amides is 1. The van der Waals surface area contributed by atoms with Crippen LogP contribution in [0.1, 0.15) is 27.8 Å². The number of nitrogens with zero attached hydrogens (tertiary/aromatic N) is 1. The molecule has 0 aliphatic carbocycles. The molecule has 0 aromatic heterocycles. The van der Waals surface area contributed by atoms with Crippen molar-refractivity contribution < 1.29 is 9.53 Å². The Kier molecular flexibility index (Phi) is 7.82. The molecule has 1 N–H and O–H groups in total. The standard InChI is InChI=1S/C24H22Br2N2O2/c1-16-8-9-19(10-17(16)2)11-23(29)28-27-14-20-12-21(25)13-22(26)24(20)30-15-18-6-4-3-5-7-18/h3-10,12-14H,11,15H2,1-2H3,(H,28,29)/b27-14-. The van der Waals surface area contributed by atoms with Gasteiger partial charge in [-0.3, -0.25) is 4.79 Å². The molecule has 0 radical (unpaired) electrons. The third-order valence-corrected chi connectivity index (χ3v) is 5.64. The van der Waals surface area contributed by atoms with Gasteiger partial charge in [0.25, 0.3) is 0 Å². The molecule has 0 atom stereocenters. The minimum atomic E-state index is -0.171. The van der Waals surface area contributed by atoms with E-state index in [0.717, 1.165) is 25.6 Å². The van der Waals surface area contributed by atoms with Crippen LogP contribution in [-0.4, -0.2) is 12.1 Å². The fraction of sp³-hybridized carbons (Fsp3) is 0.167. The third-order valence-electron chi connectivity index (χ3n) is 4.59. The Morgan fingerprint density at radius 1 is 1.00 bits per heavy atom. The summed E-state index contributed by atoms with van der Waals surface area (Å²) in [6.07, 6.45) is 1.87. The molecule has 3 aromatic rings. The summed E-state index contributed by atoms with van der Waals surface area (Å²) in [7, 11) is 0. The number of benzene rings is 3. The molecular formula is C24H22Br2N2O2. The molecule has 1 amide bonds. The van der Waals surface area contributed by atoms with Crippen molar-refractivity contribution in [3.63, 3.8) is 0 Å². The van der Waals surface area contributed by atoms with Crippen LogP contribution < -0.4 is 10.2 Å². The van der Waals surface area contributed by atoms with E-state index in [1.165, 1.54) is 11.1 Å². The lowest BCUT2D eigenvalue weighted by Gasteiger charge is -2.12. The lowest BCUT2D eigenvalue weighted by Crippen LogP contribution is -2.19. The van der Waals surface area contributed by atoms with E-state index in [0.29, 0.717) is 12.4 Å². The van der Waals surface area contributed by atoms with Crippen molar-refractivity contribution in [1.82, 2.24) is 5.43 Å². The number of carbonyl (C=O) groups excluding carboxylic acids is 1. The van der Waals surface area contributed by atoms with Gasteiger partial charge in [0, 0.05) is 10.0 Å². The SMILES string of the molecule is Cc1ccc(CC(=O)N/N=C\c2cc(Br)cc(Br)c2OCc2ccccc2)cc1C. The second-order valence-corrected chi connectivity index (χ2v) is 8.74. The van der Waals surface area contributed by atoms with E-state index >= 15 is 0 Å². The summed E-state index contributed by atoms with van der Waals surface area (Å²) in [6, 6.07) is 19.8. The highest BCUT2D eigenvalue weighted by atomic mass is 79.9. The molecule has 0 aliphatic heterocycles. The molecule has 3 aromatic carbocycles. The van der Waals surface area contributed by atoms with Gasteiger partial charge in [-0.25, -0.2) is 5.43 Å². The maximum Gasteiger partial charge on any atom is 0.244 e. The molecule has 3 rings (SSSR count). The first-order valence-corrected chi connectivity index (χ1v) is 11.0. The van der Waals surface area contributed by atoms with Crippen molar-refractivity contribution in [2.24, 2.45) is 5.10 Å². The van der Waals surface area contributed by atoms with Crippen molar-refractivity contribution in [1.29, 1.82) is 0 Å². The zero-order valence-electron chi connectivity index (χ0n) is 16.8. The average Bonchev–Trinajstić information content (AvgIpc) is 2.71. The van der Waals surface area contributed by atoms with Gasteiger partial charge in [0.2, 0.25) is 5.91 Å². The second-order valence-electron chi connectivity index (χ2n) is 6.97. The minimum Gasteiger partial charge on any atom is -0.487 e. The summed E-state index contributed by atoms with van der Waals surface area (Å²) in [5.74, 6) is 0.490. The summed E-state index contributed by atoms with van der Waals surface area (Å²) in [5.41, 5.74) is 7.75. The molecule has 0 bridgehead atoms. The number of halogens is 2. The summed E-state index contributed by atoms with van der Waals surface area (Å²) in [6.45, 7) is 4.52. The van der Waals surface area contributed by atoms with Crippen molar-refractivity contribution in [2.75, 3.05) is 0 Å². The maximum absolute atomic E-state index is 12.3. The number of hydrogen-bond donors (Lipinski definition) is 1. The molecule has 0 saturated carbocycles. The second kappa shape index (κ2) is 10.5. The lowest BCUT2D eigenvalue weighted by atomic mass is 10.0. The molecule has 0 saturated heterocycles. The monoisotopic (exact) mass is 528 g/mol. The van der Waals surface area contributed by atoms with E-state index in [1.807, 2.05) is 67.6 Å². The number of rotatable bonds is 7. The number of hydrogen-bond acceptors (Lipinski definition) is 3. The number of hydrazone groups is 1. The molecule has 6 heteroatoms. The highest BCUT2D eigenvalue weighted by molar-refractivity contribution is 9.11. The first-order valence-electron chi connectivity index (χ1n) is 9.46. The fourth-order valence-electron chi connectivity index (χ4n) is 2.87. The van der Waals surface area contributed by atoms with Crippen LogP contribution in [0.25, 0.3) is 0 Å². The van der Waals surface area contributed by atoms with Gasteiger partial charge in [0.1, 0.15) is 12.4 Å². The van der Waals surface area contributed by atoms with Crippen LogP contribution in [-0.2, 0) is 17.8 Å². The number of ether oxygens (including phenoxy) is 1. The molecule has 0 heterocycles. The molecule has 0 fully saturated rings. The predicted molar refractivity (Wildman–Crippen MR) is 128 cm³/mol. The Labute approximate surface area is 193 Å². The number of nitrogens with one attached hydrogen (secondary N) is 1. The van der Waals surface area contributed by atoms with Gasteiger partial charge in [0.15, 0.2) is 0 Å². The first kappa shape index (κ1) is 22.2. The van der Waals surface area contributed by atoms with Gasteiger partial charge in [0.05, 0.1) is 17.1 Å². The lowest BCUT2D eigenvalue weighted by molar-refractivity contribution is -0.120. The van der Waals surface area contributed by atoms with Gasteiger partial charge in [-0.1, -0.05) is 64.5 Å². The smallest absolute Gasteiger partial charge is 0.244 e. The normalized spacial score (nSPS) is 10.9. The van der Waals surface area contributed by atoms with Crippen molar-refractivity contribution >= 4 is 44.0 Å². The predicted octanol–water partition coefficient (Wildman–Crippen LogP) is 6.10. The van der Waals surface area contributed by atoms with E-state index in [4.69, 9.17) is 4.74 Å². The van der Waals surface area contributed by atoms with E-state index in [-0.39, 0.29) is 12.3 Å². The molecule has 4 nitrogen and oxygen atoms in total. The van der Waals surface area contributed by atoms with Gasteiger partial charge < -0.3 is 4.74 Å². The van der Waals surface area contributed by atoms with Gasteiger partial charge in [-0.2, -0.15) is 5.10 Å². The summed E-state index contributed by atoms with van der Waals surface area (Å²) in [5, 5.41) is 4.13. The fourth-order valence-corrected chi connectivity index (χ4v) is 4.24. The van der Waals surface area contributed by atoms with Crippen LogP contribution in [0.5, 0.6) is 5.75 Å². The summed E-state index contributed by atoms with van der Waals surface area (Å²) in [4.78, 5) is 12.3. The van der Waals surface area contributed by atoms with Gasteiger partial charge in [-0.15, -0.1) is 0 Å². The Balaban J connectivity index is 1.67. The highest BCUT2D eigenvalue weighted by Gasteiger charge is 2.10. The van der Waals surface area contributed by atoms with E-state index < -0.39 is 0 Å². The molecule has 154 valence electrons. The number of carbonyl (C=O) groups is 1. The van der Waals surface area contributed by atoms with Crippen molar-refractivity contribution in [3.05, 3.63) is 97.4 Å². The van der Waals surface area contributed by atoms with E-state index in [1.54, 1.807) is 6.21 Å². The largest absolute Gasteiger partial charge is 0.487 e. The average molecular weight is 530 g/mol. The van der Waals surface area contributed by atoms with Crippen LogP contribution in [0.4, 0.5) is 0 Å². The van der Waals surface area contributed by atoms with E-state index in [9.17, 15) is 4.79 Å². The minimum absolute atomic E-state index is 0.171. The van der Waals surface area contributed by atoms with E-state index in [2.05, 4.69) is 49.3 Å². The zero-order chi connectivity index (χ0) is 21.5. The molecule has 0 unspecified atom stereocenters. The topological polar surface area (TPSA) is 50.7 Å². The van der Waals surface area contributed by atoms with Crippen LogP contribution in [0, 0.1) is 13.8 Å². The highest BCUT2D eigenvalue weighted by Crippen LogP contribution is 2.32. The quantitative estimate of drug-likeness (QED) is 0.297. The molecule has 0 aliphatic rings. The van der Waals surface area contributed by atoms with Crippen LogP contribution >= 0.6 is 31.9 Å². The van der Waals surface area contributed by atoms with Crippen LogP contribution in [0.3, 0.4) is 0 Å². The Hall–Kier alpha value is -2.44. The van der Waals surface area contributed by atoms with Crippen molar-refractivity contribution in [2.45, 2.75) is 26.9 Å². The number of aryl methyl sites for hydroxylation is 2. The molecule has 30 heavy (non-hydrogen) atoms. The Morgan fingerprint density at radius 2 is 1.77 bits per heavy atom. The summed E-state index contributed by atoms with van der Waals surface area (Å²) >= 11 is 7.03.